The molecule has 3 heterocycles. The Bertz CT molecular complexity index is 760. The fourth-order valence-electron chi connectivity index (χ4n) is 2.82. The van der Waals surface area contributed by atoms with Gasteiger partial charge >= 0.3 is 0 Å². The van der Waals surface area contributed by atoms with Gasteiger partial charge in [-0.2, -0.15) is 0 Å². The third kappa shape index (κ3) is 4.20. The molecule has 1 unspecified atom stereocenters. The number of aromatic nitrogens is 1. The number of nitrogens with zero attached hydrogens (tertiary/aromatic N) is 2. The number of halogens is 1. The van der Waals surface area contributed by atoms with Gasteiger partial charge in [0.2, 0.25) is 5.91 Å². The molecule has 1 aliphatic rings. The van der Waals surface area contributed by atoms with Gasteiger partial charge in [0.05, 0.1) is 15.1 Å². The largest absolute Gasteiger partial charge is 0.355 e. The molecule has 25 heavy (non-hydrogen) atoms. The van der Waals surface area contributed by atoms with E-state index in [1.165, 1.54) is 11.3 Å². The first-order chi connectivity index (χ1) is 12.1. The second kappa shape index (κ2) is 7.99. The first kappa shape index (κ1) is 17.9. The van der Waals surface area contributed by atoms with Crippen LogP contribution in [-0.4, -0.2) is 48.0 Å². The van der Waals surface area contributed by atoms with Gasteiger partial charge in [-0.05, 0) is 25.0 Å². The Morgan fingerprint density at radius 1 is 1.48 bits per heavy atom. The van der Waals surface area contributed by atoms with Gasteiger partial charge in [0.1, 0.15) is 0 Å². The summed E-state index contributed by atoms with van der Waals surface area (Å²) in [5, 5.41) is 6.66. The van der Waals surface area contributed by atoms with E-state index in [1.54, 1.807) is 17.0 Å². The number of nitrogens with two attached hydrogens (primary N) is 1. The van der Waals surface area contributed by atoms with Crippen molar-refractivity contribution in [3.63, 3.8) is 0 Å². The molecule has 2 amide bonds. The lowest BCUT2D eigenvalue weighted by Gasteiger charge is -2.31. The summed E-state index contributed by atoms with van der Waals surface area (Å²) >= 11 is 7.28. The number of rotatable bonds is 5. The van der Waals surface area contributed by atoms with E-state index < -0.39 is 0 Å². The minimum absolute atomic E-state index is 0.0583. The number of hydrogen-bond acceptors (Lipinski definition) is 6. The van der Waals surface area contributed by atoms with E-state index in [1.807, 2.05) is 6.07 Å². The molecule has 1 aliphatic heterocycles. The molecule has 2 aromatic heterocycles. The van der Waals surface area contributed by atoms with Crippen LogP contribution in [0.2, 0.25) is 4.34 Å². The van der Waals surface area contributed by atoms with Crippen molar-refractivity contribution in [1.29, 1.82) is 0 Å². The van der Waals surface area contributed by atoms with Crippen molar-refractivity contribution in [3.8, 4) is 10.6 Å². The fraction of sp³-hybridized carbons (Fsp3) is 0.438. The number of likely N-dealkylation sites (tertiary alicyclic amines) is 1. The monoisotopic (exact) mass is 382 g/mol. The Balaban J connectivity index is 1.66. The van der Waals surface area contributed by atoms with Gasteiger partial charge in [0.25, 0.3) is 5.91 Å². The maximum Gasteiger partial charge on any atom is 0.276 e. The van der Waals surface area contributed by atoms with E-state index in [0.717, 1.165) is 17.7 Å². The summed E-state index contributed by atoms with van der Waals surface area (Å²) in [5.74, 6) is 0.00668. The lowest BCUT2D eigenvalue weighted by molar-refractivity contribution is -0.126. The standard InChI is InChI=1S/C16H19ClN4O3S/c17-14-4-3-13(25-14)12-8-11(20-24-12)16(23)21-7-1-2-10(9-21)15(22)19-6-5-18/h3-4,8,10H,1-2,5-7,9,18H2,(H,19,22). The molecule has 2 aromatic rings. The van der Waals surface area contributed by atoms with E-state index in [-0.39, 0.29) is 23.4 Å². The lowest BCUT2D eigenvalue weighted by atomic mass is 9.97. The SMILES string of the molecule is NCCNC(=O)C1CCCN(C(=O)c2cc(-c3ccc(Cl)s3)on2)C1. The third-order valence-electron chi connectivity index (χ3n) is 4.07. The predicted octanol–water partition coefficient (Wildman–Crippen LogP) is 1.98. The fourth-order valence-corrected chi connectivity index (χ4v) is 3.81. The third-order valence-corrected chi connectivity index (χ3v) is 5.31. The van der Waals surface area contributed by atoms with Gasteiger partial charge in [-0.3, -0.25) is 9.59 Å². The van der Waals surface area contributed by atoms with Gasteiger partial charge < -0.3 is 20.5 Å². The van der Waals surface area contributed by atoms with Crippen molar-refractivity contribution in [1.82, 2.24) is 15.4 Å². The number of carbonyl (C=O) groups is 2. The van der Waals surface area contributed by atoms with Crippen molar-refractivity contribution >= 4 is 34.8 Å². The van der Waals surface area contributed by atoms with Crippen LogP contribution >= 0.6 is 22.9 Å². The highest BCUT2D eigenvalue weighted by Gasteiger charge is 2.30. The lowest BCUT2D eigenvalue weighted by Crippen LogP contribution is -2.46. The molecule has 0 aliphatic carbocycles. The van der Waals surface area contributed by atoms with Crippen molar-refractivity contribution < 1.29 is 14.1 Å². The quantitative estimate of drug-likeness (QED) is 0.823. The number of nitrogens with one attached hydrogen (secondary N) is 1. The number of thiophene rings is 1. The molecular weight excluding hydrogens is 364 g/mol. The molecule has 134 valence electrons. The van der Waals surface area contributed by atoms with E-state index in [2.05, 4.69) is 10.5 Å². The van der Waals surface area contributed by atoms with Crippen LogP contribution in [0.4, 0.5) is 0 Å². The van der Waals surface area contributed by atoms with Crippen LogP contribution in [0, 0.1) is 5.92 Å². The summed E-state index contributed by atoms with van der Waals surface area (Å²) in [4.78, 5) is 27.2. The van der Waals surface area contributed by atoms with Gasteiger partial charge in [-0.1, -0.05) is 16.8 Å². The normalized spacial score (nSPS) is 17.5. The summed E-state index contributed by atoms with van der Waals surface area (Å²) < 4.78 is 5.90. The Labute approximate surface area is 154 Å². The summed E-state index contributed by atoms with van der Waals surface area (Å²) in [7, 11) is 0. The summed E-state index contributed by atoms with van der Waals surface area (Å²) in [6.07, 6.45) is 1.54. The smallest absolute Gasteiger partial charge is 0.276 e. The average molecular weight is 383 g/mol. The topological polar surface area (TPSA) is 101 Å². The number of hydrogen-bond donors (Lipinski definition) is 2. The second-order valence-electron chi connectivity index (χ2n) is 5.85. The molecule has 9 heteroatoms. The van der Waals surface area contributed by atoms with E-state index >= 15 is 0 Å². The van der Waals surface area contributed by atoms with Gasteiger partial charge in [-0.15, -0.1) is 11.3 Å². The minimum Gasteiger partial charge on any atom is -0.355 e. The van der Waals surface area contributed by atoms with Crippen LogP contribution < -0.4 is 11.1 Å². The molecular formula is C16H19ClN4O3S. The molecule has 0 radical (unpaired) electrons. The minimum atomic E-state index is -0.228. The molecule has 1 fully saturated rings. The van der Waals surface area contributed by atoms with Crippen molar-refractivity contribution in [2.75, 3.05) is 26.2 Å². The van der Waals surface area contributed by atoms with Gasteiger partial charge in [0.15, 0.2) is 11.5 Å². The van der Waals surface area contributed by atoms with Crippen LogP contribution in [0.25, 0.3) is 10.6 Å². The maximum atomic E-state index is 12.7. The van der Waals surface area contributed by atoms with Gasteiger partial charge in [-0.25, -0.2) is 0 Å². The zero-order valence-corrected chi connectivity index (χ0v) is 15.1. The summed E-state index contributed by atoms with van der Waals surface area (Å²) in [6, 6.07) is 5.20. The van der Waals surface area contributed by atoms with E-state index in [9.17, 15) is 9.59 Å². The summed E-state index contributed by atoms with van der Waals surface area (Å²) in [6.45, 7) is 1.82. The van der Waals surface area contributed by atoms with Crippen molar-refractivity contribution in [3.05, 3.63) is 28.2 Å². The predicted molar refractivity (Wildman–Crippen MR) is 95.5 cm³/mol. The van der Waals surface area contributed by atoms with Gasteiger partial charge in [0, 0.05) is 32.2 Å². The molecule has 7 nitrogen and oxygen atoms in total. The second-order valence-corrected chi connectivity index (χ2v) is 7.57. The van der Waals surface area contributed by atoms with E-state index in [0.29, 0.717) is 36.3 Å². The van der Waals surface area contributed by atoms with Crippen molar-refractivity contribution in [2.24, 2.45) is 11.7 Å². The van der Waals surface area contributed by atoms with Crippen LogP contribution in [-0.2, 0) is 4.79 Å². The average Bonchev–Trinajstić information content (AvgIpc) is 3.28. The zero-order chi connectivity index (χ0) is 17.8. The first-order valence-electron chi connectivity index (χ1n) is 8.08. The molecule has 0 saturated carbocycles. The number of piperidine rings is 1. The number of amides is 2. The number of carbonyl (C=O) groups excluding carboxylic acids is 2. The van der Waals surface area contributed by atoms with Crippen LogP contribution in [0.3, 0.4) is 0 Å². The Morgan fingerprint density at radius 3 is 3.04 bits per heavy atom. The molecule has 0 bridgehead atoms. The molecule has 3 rings (SSSR count). The van der Waals surface area contributed by atoms with E-state index in [4.69, 9.17) is 21.9 Å². The molecule has 0 spiro atoms. The Morgan fingerprint density at radius 2 is 2.32 bits per heavy atom. The molecule has 1 saturated heterocycles. The highest BCUT2D eigenvalue weighted by atomic mass is 35.5. The van der Waals surface area contributed by atoms with Crippen LogP contribution in [0.5, 0.6) is 0 Å². The molecule has 3 N–H and O–H groups in total. The highest BCUT2D eigenvalue weighted by molar-refractivity contribution is 7.19. The molecule has 0 aromatic carbocycles. The maximum absolute atomic E-state index is 12.7. The Hall–Kier alpha value is -1.90. The van der Waals surface area contributed by atoms with Crippen LogP contribution in [0.1, 0.15) is 23.3 Å². The molecule has 1 atom stereocenters. The van der Waals surface area contributed by atoms with Crippen molar-refractivity contribution in [2.45, 2.75) is 12.8 Å². The Kier molecular flexibility index (Phi) is 5.72. The first-order valence-corrected chi connectivity index (χ1v) is 9.27. The summed E-state index contributed by atoms with van der Waals surface area (Å²) in [5.41, 5.74) is 5.64. The van der Waals surface area contributed by atoms with Crippen LogP contribution in [0.15, 0.2) is 22.7 Å². The zero-order valence-electron chi connectivity index (χ0n) is 13.5. The highest BCUT2D eigenvalue weighted by Crippen LogP contribution is 2.31.